The number of imide groups is 2. The summed E-state index contributed by atoms with van der Waals surface area (Å²) < 4.78 is 28.8. The van der Waals surface area contributed by atoms with E-state index in [1.165, 1.54) is 29.2 Å². The van der Waals surface area contributed by atoms with Crippen LogP contribution >= 0.6 is 11.6 Å². The number of carboxylic acids is 1. The molecule has 2 heterocycles. The lowest BCUT2D eigenvalue weighted by molar-refractivity contribution is -0.141. The van der Waals surface area contributed by atoms with Gasteiger partial charge < -0.3 is 10.2 Å². The minimum Gasteiger partial charge on any atom is -0.505 e. The van der Waals surface area contributed by atoms with Gasteiger partial charge in [0.25, 0.3) is 0 Å². The predicted molar refractivity (Wildman–Crippen MR) is 157 cm³/mol. The first-order valence-electron chi connectivity index (χ1n) is 15.0. The molecule has 2 aromatic rings. The Labute approximate surface area is 262 Å². The number of phenolic OH excluding ortho intramolecular Hbond substituents is 1. The quantitative estimate of drug-likeness (QED) is 0.230. The molecule has 12 heteroatoms. The van der Waals surface area contributed by atoms with Crippen LogP contribution in [0, 0.1) is 40.7 Å². The largest absolute Gasteiger partial charge is 0.505 e. The van der Waals surface area contributed by atoms with Gasteiger partial charge >= 0.3 is 5.97 Å². The summed E-state index contributed by atoms with van der Waals surface area (Å²) in [6.45, 7) is 1.73. The molecule has 6 atom stereocenters. The Hall–Kier alpha value is -4.12. The molecule has 0 radical (unpaired) electrons. The van der Waals surface area contributed by atoms with Crippen molar-refractivity contribution >= 4 is 46.9 Å². The second-order valence-electron chi connectivity index (χ2n) is 12.5. The molecule has 0 spiro atoms. The van der Waals surface area contributed by atoms with Gasteiger partial charge in [-0.3, -0.25) is 28.9 Å². The number of benzene rings is 2. The number of allylic oxidation sites excluding steroid dienone is 2. The number of carboxylic acid groups (broad SMARTS) is 1. The first-order chi connectivity index (χ1) is 21.4. The number of phenols is 1. The highest BCUT2D eigenvalue weighted by Gasteiger charge is 2.68. The lowest BCUT2D eigenvalue weighted by Crippen LogP contribution is -2.49. The maximum Gasteiger partial charge on any atom is 0.303 e. The van der Waals surface area contributed by atoms with E-state index in [9.17, 15) is 37.9 Å². The molecule has 2 aromatic carbocycles. The van der Waals surface area contributed by atoms with Gasteiger partial charge in [-0.15, -0.1) is 0 Å². The van der Waals surface area contributed by atoms with Gasteiger partial charge in [0, 0.05) is 24.4 Å². The number of rotatable bonds is 8. The number of carbonyl (C=O) groups is 5. The number of aromatic hydroxyl groups is 1. The number of likely N-dealkylation sites (tertiary alicyclic amines) is 1. The van der Waals surface area contributed by atoms with Crippen molar-refractivity contribution in [2.75, 3.05) is 11.4 Å². The number of para-hydroxylation sites is 1. The molecule has 236 valence electrons. The Bertz CT molecular complexity index is 1680. The number of nitrogens with zero attached hydrogens (tertiary/aromatic N) is 2. The Morgan fingerprint density at radius 2 is 1.76 bits per heavy atom. The van der Waals surface area contributed by atoms with Crippen molar-refractivity contribution in [3.8, 4) is 5.75 Å². The third-order valence-corrected chi connectivity index (χ3v) is 10.4. The number of halogens is 3. The van der Waals surface area contributed by atoms with Crippen molar-refractivity contribution in [1.29, 1.82) is 0 Å². The van der Waals surface area contributed by atoms with Crippen LogP contribution in [0.1, 0.15) is 56.9 Å². The van der Waals surface area contributed by atoms with E-state index in [1.807, 2.05) is 0 Å². The van der Waals surface area contributed by atoms with Gasteiger partial charge in [0.15, 0.2) is 11.6 Å². The van der Waals surface area contributed by atoms with E-state index in [0.29, 0.717) is 24.8 Å². The van der Waals surface area contributed by atoms with E-state index in [1.54, 1.807) is 13.0 Å². The van der Waals surface area contributed by atoms with Gasteiger partial charge in [0.2, 0.25) is 23.6 Å². The number of hydrogen-bond acceptors (Lipinski definition) is 6. The summed E-state index contributed by atoms with van der Waals surface area (Å²) in [5, 5.41) is 19.5. The Balaban J connectivity index is 1.40. The van der Waals surface area contributed by atoms with Crippen molar-refractivity contribution in [2.24, 2.45) is 29.1 Å². The average molecular weight is 641 g/mol. The van der Waals surface area contributed by atoms with Crippen LogP contribution in [0.5, 0.6) is 5.75 Å². The monoisotopic (exact) mass is 640 g/mol. The van der Waals surface area contributed by atoms with Crippen molar-refractivity contribution in [3.05, 3.63) is 70.3 Å². The summed E-state index contributed by atoms with van der Waals surface area (Å²) in [7, 11) is 0. The topological polar surface area (TPSA) is 132 Å². The zero-order valence-corrected chi connectivity index (χ0v) is 25.1. The number of hydrogen-bond donors (Lipinski definition) is 2. The van der Waals surface area contributed by atoms with Crippen LogP contribution in [-0.2, 0) is 24.0 Å². The molecule has 0 unspecified atom stereocenters. The van der Waals surface area contributed by atoms with E-state index in [-0.39, 0.29) is 48.0 Å². The Morgan fingerprint density at radius 1 is 1.00 bits per heavy atom. The Kier molecular flexibility index (Phi) is 7.79. The lowest BCUT2D eigenvalue weighted by Gasteiger charge is -2.49. The van der Waals surface area contributed by atoms with Crippen LogP contribution < -0.4 is 4.90 Å². The second kappa shape index (κ2) is 11.3. The molecule has 1 saturated carbocycles. The Morgan fingerprint density at radius 3 is 2.47 bits per heavy atom. The summed E-state index contributed by atoms with van der Waals surface area (Å²) >= 11 is 6.00. The van der Waals surface area contributed by atoms with Gasteiger partial charge in [-0.1, -0.05) is 41.8 Å². The third kappa shape index (κ3) is 4.74. The second-order valence-corrected chi connectivity index (χ2v) is 12.9. The fourth-order valence-electron chi connectivity index (χ4n) is 8.00. The van der Waals surface area contributed by atoms with Crippen LogP contribution in [0.3, 0.4) is 0 Å². The normalized spacial score (nSPS) is 29.1. The molecule has 4 aliphatic rings. The maximum atomic E-state index is 14.8. The average Bonchev–Trinajstić information content (AvgIpc) is 3.35. The van der Waals surface area contributed by atoms with E-state index >= 15 is 0 Å². The number of carbonyl (C=O) groups excluding carboxylic acids is 4. The van der Waals surface area contributed by atoms with E-state index in [2.05, 4.69) is 0 Å². The number of anilines is 1. The molecule has 2 saturated heterocycles. The SMILES string of the molecule is C[C@@]12C(=O)N(c3ccc(F)c(Cl)c3)C(=O)[C@@H]1C[C@@H]1C(=CC[C@@H]3C(=O)N(CCCCCC(=O)O)C(=O)[C@@H]31)[C@@H]2c1cccc(F)c1O. The molecule has 2 N–H and O–H groups in total. The highest BCUT2D eigenvalue weighted by atomic mass is 35.5. The molecule has 2 aliphatic carbocycles. The van der Waals surface area contributed by atoms with E-state index in [0.717, 1.165) is 17.0 Å². The van der Waals surface area contributed by atoms with Gasteiger partial charge in [0.05, 0.1) is 33.9 Å². The summed E-state index contributed by atoms with van der Waals surface area (Å²) in [6, 6.07) is 7.45. The first-order valence-corrected chi connectivity index (χ1v) is 15.3. The van der Waals surface area contributed by atoms with E-state index in [4.69, 9.17) is 16.7 Å². The summed E-state index contributed by atoms with van der Waals surface area (Å²) in [5.41, 5.74) is -0.789. The molecular weight excluding hydrogens is 610 g/mol. The standard InChI is InChI=1S/C33H31ClF2N2O7/c1-33-21(30(43)38(32(33)45)16-9-12-23(35)22(34)14-16)15-20-17(27(33)19-6-5-7-24(36)28(19)41)10-11-18-26(20)31(44)37(29(18)42)13-4-2-3-8-25(39)40/h5-7,9-10,12,14,18,20-21,26-27,41H,2-4,8,11,13,15H2,1H3,(H,39,40)/t18-,20+,21-,26-,27+,33+/m0/s1. The number of aliphatic carboxylic acids is 1. The van der Waals surface area contributed by atoms with Crippen LogP contribution in [0.15, 0.2) is 48.0 Å². The van der Waals surface area contributed by atoms with Crippen LogP contribution in [-0.4, -0.2) is 51.3 Å². The predicted octanol–water partition coefficient (Wildman–Crippen LogP) is 5.20. The molecule has 3 fully saturated rings. The zero-order chi connectivity index (χ0) is 32.4. The molecular formula is C33H31ClF2N2O7. The fourth-order valence-corrected chi connectivity index (χ4v) is 8.18. The molecule has 2 aliphatic heterocycles. The number of amides is 4. The summed E-state index contributed by atoms with van der Waals surface area (Å²) in [4.78, 5) is 68.8. The number of fused-ring (bicyclic) bond motifs is 4. The molecule has 45 heavy (non-hydrogen) atoms. The van der Waals surface area contributed by atoms with Crippen molar-refractivity contribution in [1.82, 2.24) is 4.90 Å². The minimum atomic E-state index is -1.52. The van der Waals surface area contributed by atoms with Crippen molar-refractivity contribution in [2.45, 2.75) is 51.4 Å². The van der Waals surface area contributed by atoms with Gasteiger partial charge in [-0.2, -0.15) is 0 Å². The fraction of sp³-hybridized carbons (Fsp3) is 0.424. The molecule has 4 amide bonds. The smallest absolute Gasteiger partial charge is 0.303 e. The molecule has 6 rings (SSSR count). The third-order valence-electron chi connectivity index (χ3n) is 10.1. The minimum absolute atomic E-state index is 0.00907. The highest BCUT2D eigenvalue weighted by Crippen LogP contribution is 2.64. The van der Waals surface area contributed by atoms with Gasteiger partial charge in [-0.25, -0.2) is 13.7 Å². The maximum absolute atomic E-state index is 14.8. The first kappa shape index (κ1) is 30.9. The van der Waals surface area contributed by atoms with Gasteiger partial charge in [-0.05, 0) is 62.8 Å². The summed E-state index contributed by atoms with van der Waals surface area (Å²) in [5.74, 6) is -9.40. The molecule has 0 bridgehead atoms. The van der Waals surface area contributed by atoms with Crippen molar-refractivity contribution < 1.29 is 43.0 Å². The number of unbranched alkanes of at least 4 members (excludes halogenated alkanes) is 2. The zero-order valence-electron chi connectivity index (χ0n) is 24.3. The van der Waals surface area contributed by atoms with E-state index < -0.39 is 76.1 Å². The van der Waals surface area contributed by atoms with Crippen LogP contribution in [0.4, 0.5) is 14.5 Å². The lowest BCUT2D eigenvalue weighted by atomic mass is 9.51. The van der Waals surface area contributed by atoms with Gasteiger partial charge in [0.1, 0.15) is 5.82 Å². The molecule has 0 aromatic heterocycles. The van der Waals surface area contributed by atoms with Crippen LogP contribution in [0.25, 0.3) is 0 Å². The highest BCUT2D eigenvalue weighted by molar-refractivity contribution is 6.31. The summed E-state index contributed by atoms with van der Waals surface area (Å²) in [6.07, 6.45) is 3.40. The molecule has 9 nitrogen and oxygen atoms in total. The van der Waals surface area contributed by atoms with Crippen LogP contribution in [0.2, 0.25) is 5.02 Å². The van der Waals surface area contributed by atoms with Crippen molar-refractivity contribution in [3.63, 3.8) is 0 Å².